The normalized spacial score (nSPS) is 11.2. The lowest BCUT2D eigenvalue weighted by Gasteiger charge is -2.13. The van der Waals surface area contributed by atoms with Gasteiger partial charge in [-0.15, -0.1) is 13.2 Å². The van der Waals surface area contributed by atoms with Gasteiger partial charge >= 0.3 is 12.3 Å². The number of para-hydroxylation sites is 1. The fraction of sp³-hybridized carbons (Fsp3) is 0.0714. The predicted octanol–water partition coefficient (Wildman–Crippen LogP) is 4.60. The van der Waals surface area contributed by atoms with Crippen LogP contribution in [0.3, 0.4) is 0 Å². The van der Waals surface area contributed by atoms with Crippen molar-refractivity contribution in [3.05, 3.63) is 53.1 Å². The molecule has 110 valence electrons. The Balaban J connectivity index is 2.54. The Bertz CT molecular complexity index is 683. The summed E-state index contributed by atoms with van der Waals surface area (Å²) < 4.78 is 41.1. The number of alkyl halides is 3. The van der Waals surface area contributed by atoms with E-state index in [0.717, 1.165) is 6.07 Å². The van der Waals surface area contributed by atoms with Gasteiger partial charge in [0.1, 0.15) is 5.75 Å². The lowest BCUT2D eigenvalue weighted by atomic mass is 10.0. The fourth-order valence-corrected chi connectivity index (χ4v) is 2.02. The number of ether oxygens (including phenoxy) is 1. The minimum Gasteiger partial charge on any atom is -0.478 e. The third-order valence-corrected chi connectivity index (χ3v) is 2.79. The van der Waals surface area contributed by atoms with Crippen molar-refractivity contribution in [1.29, 1.82) is 0 Å². The van der Waals surface area contributed by atoms with Crippen LogP contribution in [0.5, 0.6) is 5.75 Å². The van der Waals surface area contributed by atoms with Crippen LogP contribution in [0, 0.1) is 0 Å². The molecule has 0 fully saturated rings. The van der Waals surface area contributed by atoms with Gasteiger partial charge in [-0.05, 0) is 29.8 Å². The summed E-state index contributed by atoms with van der Waals surface area (Å²) in [6.07, 6.45) is -4.84. The van der Waals surface area contributed by atoms with Crippen molar-refractivity contribution in [2.24, 2.45) is 0 Å². The molecular formula is C14H8ClF3O3. The highest BCUT2D eigenvalue weighted by Gasteiger charge is 2.32. The number of hydrogen-bond acceptors (Lipinski definition) is 2. The topological polar surface area (TPSA) is 46.5 Å². The van der Waals surface area contributed by atoms with Gasteiger partial charge in [0, 0.05) is 10.6 Å². The molecule has 7 heteroatoms. The molecule has 0 saturated carbocycles. The summed E-state index contributed by atoms with van der Waals surface area (Å²) in [7, 11) is 0. The van der Waals surface area contributed by atoms with E-state index in [1.165, 1.54) is 36.4 Å². The van der Waals surface area contributed by atoms with Crippen molar-refractivity contribution >= 4 is 17.6 Å². The first-order valence-corrected chi connectivity index (χ1v) is 6.03. The van der Waals surface area contributed by atoms with Gasteiger partial charge in [-0.2, -0.15) is 0 Å². The molecule has 0 aliphatic rings. The fourth-order valence-electron chi connectivity index (χ4n) is 1.79. The largest absolute Gasteiger partial charge is 0.573 e. The average molecular weight is 317 g/mol. The van der Waals surface area contributed by atoms with Gasteiger partial charge in [-0.1, -0.05) is 29.8 Å². The SMILES string of the molecule is O=C(O)c1cc(Cl)cc(-c2ccccc2OC(F)(F)F)c1. The molecule has 0 spiro atoms. The summed E-state index contributed by atoms with van der Waals surface area (Å²) in [5.74, 6) is -1.66. The number of rotatable bonds is 3. The standard InChI is InChI=1S/C14H8ClF3O3/c15-10-6-8(5-9(7-10)13(19)20)11-3-1-2-4-12(11)21-14(16,17)18/h1-7H,(H,19,20). The molecule has 0 heterocycles. The second-order valence-corrected chi connectivity index (χ2v) is 4.51. The van der Waals surface area contributed by atoms with Crippen LogP contribution in [-0.2, 0) is 0 Å². The molecule has 0 radical (unpaired) electrons. The highest BCUT2D eigenvalue weighted by molar-refractivity contribution is 6.31. The molecule has 0 amide bonds. The molecule has 2 rings (SSSR count). The van der Waals surface area contributed by atoms with Crippen molar-refractivity contribution in [2.45, 2.75) is 6.36 Å². The van der Waals surface area contributed by atoms with Gasteiger partial charge in [0.25, 0.3) is 0 Å². The van der Waals surface area contributed by atoms with Crippen LogP contribution in [0.25, 0.3) is 11.1 Å². The maximum atomic E-state index is 12.4. The van der Waals surface area contributed by atoms with Gasteiger partial charge in [-0.25, -0.2) is 4.79 Å². The van der Waals surface area contributed by atoms with Crippen LogP contribution in [0.2, 0.25) is 5.02 Å². The second-order valence-electron chi connectivity index (χ2n) is 4.08. The van der Waals surface area contributed by atoms with Gasteiger partial charge in [-0.3, -0.25) is 0 Å². The number of carbonyl (C=O) groups is 1. The molecule has 2 aromatic rings. The lowest BCUT2D eigenvalue weighted by Crippen LogP contribution is -2.17. The van der Waals surface area contributed by atoms with Crippen LogP contribution in [0.4, 0.5) is 13.2 Å². The zero-order chi connectivity index (χ0) is 15.6. The predicted molar refractivity (Wildman–Crippen MR) is 70.5 cm³/mol. The first kappa shape index (κ1) is 15.2. The van der Waals surface area contributed by atoms with Gasteiger partial charge in [0.15, 0.2) is 0 Å². The molecule has 3 nitrogen and oxygen atoms in total. The Morgan fingerprint density at radius 3 is 2.43 bits per heavy atom. The Kier molecular flexibility index (Phi) is 4.09. The van der Waals surface area contributed by atoms with Crippen molar-refractivity contribution < 1.29 is 27.8 Å². The molecule has 0 aromatic heterocycles. The van der Waals surface area contributed by atoms with E-state index in [1.54, 1.807) is 0 Å². The van der Waals surface area contributed by atoms with Crippen LogP contribution in [0.15, 0.2) is 42.5 Å². The highest BCUT2D eigenvalue weighted by Crippen LogP contribution is 2.35. The Labute approximate surface area is 122 Å². The van der Waals surface area contributed by atoms with Gasteiger partial charge in [0.2, 0.25) is 0 Å². The zero-order valence-electron chi connectivity index (χ0n) is 10.3. The van der Waals surface area contributed by atoms with E-state index in [0.29, 0.717) is 0 Å². The third kappa shape index (κ3) is 3.88. The van der Waals surface area contributed by atoms with E-state index in [-0.39, 0.29) is 21.7 Å². The molecule has 0 aliphatic carbocycles. The summed E-state index contributed by atoms with van der Waals surface area (Å²) in [6.45, 7) is 0. The molecular weight excluding hydrogens is 309 g/mol. The van der Waals surface area contributed by atoms with E-state index < -0.39 is 18.1 Å². The maximum Gasteiger partial charge on any atom is 0.573 e. The summed E-state index contributed by atoms with van der Waals surface area (Å²) in [4.78, 5) is 11.0. The minimum absolute atomic E-state index is 0.0971. The monoisotopic (exact) mass is 316 g/mol. The zero-order valence-corrected chi connectivity index (χ0v) is 11.1. The van der Waals surface area contributed by atoms with Gasteiger partial charge < -0.3 is 9.84 Å². The first-order valence-electron chi connectivity index (χ1n) is 5.65. The first-order chi connectivity index (χ1) is 9.76. The minimum atomic E-state index is -4.84. The van der Waals surface area contributed by atoms with Crippen LogP contribution < -0.4 is 4.74 Å². The van der Waals surface area contributed by atoms with E-state index in [1.807, 2.05) is 0 Å². The molecule has 2 aromatic carbocycles. The average Bonchev–Trinajstić information content (AvgIpc) is 2.36. The van der Waals surface area contributed by atoms with Gasteiger partial charge in [0.05, 0.1) is 5.56 Å². The quantitative estimate of drug-likeness (QED) is 0.900. The molecule has 0 unspecified atom stereocenters. The molecule has 0 saturated heterocycles. The number of halogens is 4. The maximum absolute atomic E-state index is 12.4. The smallest absolute Gasteiger partial charge is 0.478 e. The molecule has 0 aliphatic heterocycles. The lowest BCUT2D eigenvalue weighted by molar-refractivity contribution is -0.274. The molecule has 0 bridgehead atoms. The van der Waals surface area contributed by atoms with Crippen molar-refractivity contribution in [3.8, 4) is 16.9 Å². The highest BCUT2D eigenvalue weighted by atomic mass is 35.5. The number of carboxylic acids is 1. The summed E-state index contributed by atoms with van der Waals surface area (Å²) in [6, 6.07) is 9.23. The Hall–Kier alpha value is -2.21. The molecule has 21 heavy (non-hydrogen) atoms. The summed E-state index contributed by atoms with van der Waals surface area (Å²) >= 11 is 5.80. The van der Waals surface area contributed by atoms with E-state index in [4.69, 9.17) is 16.7 Å². The van der Waals surface area contributed by atoms with E-state index in [9.17, 15) is 18.0 Å². The summed E-state index contributed by atoms with van der Waals surface area (Å²) in [5, 5.41) is 9.07. The van der Waals surface area contributed by atoms with Crippen LogP contribution in [-0.4, -0.2) is 17.4 Å². The third-order valence-electron chi connectivity index (χ3n) is 2.57. The van der Waals surface area contributed by atoms with Crippen molar-refractivity contribution in [1.82, 2.24) is 0 Å². The van der Waals surface area contributed by atoms with Crippen LogP contribution >= 0.6 is 11.6 Å². The van der Waals surface area contributed by atoms with Crippen molar-refractivity contribution in [2.75, 3.05) is 0 Å². The van der Waals surface area contributed by atoms with Crippen LogP contribution in [0.1, 0.15) is 10.4 Å². The number of aromatic carboxylic acids is 1. The number of benzene rings is 2. The Morgan fingerprint density at radius 1 is 1.14 bits per heavy atom. The second kappa shape index (κ2) is 5.65. The van der Waals surface area contributed by atoms with E-state index in [2.05, 4.69) is 4.74 Å². The number of carboxylic acid groups (broad SMARTS) is 1. The molecule has 1 N–H and O–H groups in total. The molecule has 0 atom stereocenters. The number of hydrogen-bond donors (Lipinski definition) is 1. The Morgan fingerprint density at radius 2 is 1.81 bits per heavy atom. The van der Waals surface area contributed by atoms with Crippen molar-refractivity contribution in [3.63, 3.8) is 0 Å². The van der Waals surface area contributed by atoms with E-state index >= 15 is 0 Å². The summed E-state index contributed by atoms with van der Waals surface area (Å²) in [5.41, 5.74) is 0.193.